The summed E-state index contributed by atoms with van der Waals surface area (Å²) in [6, 6.07) is -0.759. The van der Waals surface area contributed by atoms with Gasteiger partial charge in [0.15, 0.2) is 10.8 Å². The molecule has 2 rings (SSSR count). The lowest BCUT2D eigenvalue weighted by Gasteiger charge is -2.36. The van der Waals surface area contributed by atoms with Crippen LogP contribution in [-0.4, -0.2) is 71.5 Å². The van der Waals surface area contributed by atoms with Gasteiger partial charge in [-0.2, -0.15) is 0 Å². The molecule has 28 heavy (non-hydrogen) atoms. The molecule has 14 heteroatoms. The van der Waals surface area contributed by atoms with Gasteiger partial charge in [-0.25, -0.2) is 4.98 Å². The number of hydrogen-bond acceptors (Lipinski definition) is 9. The molecule has 1 saturated heterocycles. The number of halogens is 1. The third-order valence-electron chi connectivity index (χ3n) is 3.30. The van der Waals surface area contributed by atoms with E-state index in [0.717, 1.165) is 11.3 Å². The highest BCUT2D eigenvalue weighted by molar-refractivity contribution is 8.00. The fraction of sp³-hybridized carbons (Fsp3) is 0.429. The molecule has 4 N–H and O–H groups in total. The van der Waals surface area contributed by atoms with Gasteiger partial charge in [0.25, 0.3) is 5.91 Å². The molecular weight excluding hydrogens is 432 g/mol. The Morgan fingerprint density at radius 2 is 2.32 bits per heavy atom. The van der Waals surface area contributed by atoms with Gasteiger partial charge < -0.3 is 26.1 Å². The standard InChI is InChI=1S/C14H17ClN6O5S2/c1-26-21-9(7-5-28-14(17-7)18-8(23)4-15)11(24)19-10-12(25)20-13(10)27-3-2-16-6-22/h5-6,10,13H,2-4H2,1H3,(H,16,22)(H,19,24)(H,20,25)(H,17,18,23)/b21-9-. The lowest BCUT2D eigenvalue weighted by Crippen LogP contribution is -2.68. The number of alkyl halides is 1. The summed E-state index contributed by atoms with van der Waals surface area (Å²) in [6.07, 6.45) is 0.588. The van der Waals surface area contributed by atoms with Crippen LogP contribution in [0.1, 0.15) is 5.69 Å². The van der Waals surface area contributed by atoms with Gasteiger partial charge in [0.2, 0.25) is 18.2 Å². The first kappa shape index (κ1) is 21.9. The maximum absolute atomic E-state index is 12.6. The Morgan fingerprint density at radius 3 is 2.96 bits per heavy atom. The van der Waals surface area contributed by atoms with Crippen LogP contribution >= 0.6 is 34.7 Å². The number of thioether (sulfide) groups is 1. The molecule has 4 amide bonds. The smallest absolute Gasteiger partial charge is 0.276 e. The maximum Gasteiger partial charge on any atom is 0.276 e. The minimum absolute atomic E-state index is 0.142. The summed E-state index contributed by atoms with van der Waals surface area (Å²) in [5.74, 6) is -1.09. The van der Waals surface area contributed by atoms with E-state index in [-0.39, 0.29) is 33.7 Å². The molecule has 1 fully saturated rings. The van der Waals surface area contributed by atoms with Crippen LogP contribution in [-0.2, 0) is 24.0 Å². The van der Waals surface area contributed by atoms with Crippen molar-refractivity contribution in [3.63, 3.8) is 0 Å². The summed E-state index contributed by atoms with van der Waals surface area (Å²) in [5.41, 5.74) is 0.0320. The van der Waals surface area contributed by atoms with Gasteiger partial charge in [-0.1, -0.05) is 5.16 Å². The predicted molar refractivity (Wildman–Crippen MR) is 105 cm³/mol. The third kappa shape index (κ3) is 5.81. The van der Waals surface area contributed by atoms with Crippen molar-refractivity contribution >= 4 is 69.7 Å². The molecule has 0 bridgehead atoms. The molecule has 1 aliphatic heterocycles. The summed E-state index contributed by atoms with van der Waals surface area (Å²) < 4.78 is 0. The van der Waals surface area contributed by atoms with E-state index in [1.165, 1.54) is 24.3 Å². The van der Waals surface area contributed by atoms with Crippen LogP contribution in [0.4, 0.5) is 5.13 Å². The minimum atomic E-state index is -0.759. The fourth-order valence-electron chi connectivity index (χ4n) is 2.04. The van der Waals surface area contributed by atoms with Crippen molar-refractivity contribution in [1.82, 2.24) is 20.9 Å². The molecule has 11 nitrogen and oxygen atoms in total. The Balaban J connectivity index is 2.01. The molecule has 2 unspecified atom stereocenters. The molecule has 2 atom stereocenters. The lowest BCUT2D eigenvalue weighted by molar-refractivity contribution is -0.132. The molecule has 1 aliphatic rings. The number of amides is 4. The second kappa shape index (κ2) is 10.8. The molecule has 152 valence electrons. The minimum Gasteiger partial charge on any atom is -0.398 e. The molecule has 0 saturated carbocycles. The summed E-state index contributed by atoms with van der Waals surface area (Å²) in [4.78, 5) is 54.7. The number of thiazole rings is 1. The zero-order valence-corrected chi connectivity index (χ0v) is 16.9. The number of β-lactam (4-membered cyclic amide) rings is 1. The van der Waals surface area contributed by atoms with E-state index in [9.17, 15) is 19.2 Å². The van der Waals surface area contributed by atoms with Gasteiger partial charge in [-0.05, 0) is 0 Å². The van der Waals surface area contributed by atoms with Crippen molar-refractivity contribution in [3.8, 4) is 0 Å². The van der Waals surface area contributed by atoms with Crippen LogP contribution in [0.5, 0.6) is 0 Å². The van der Waals surface area contributed by atoms with Gasteiger partial charge in [0.05, 0.1) is 0 Å². The van der Waals surface area contributed by atoms with Gasteiger partial charge in [-0.15, -0.1) is 34.7 Å². The maximum atomic E-state index is 12.6. The molecule has 1 aromatic heterocycles. The quantitative estimate of drug-likeness (QED) is 0.0854. The van der Waals surface area contributed by atoms with E-state index in [4.69, 9.17) is 16.4 Å². The number of oxime groups is 1. The summed E-state index contributed by atoms with van der Waals surface area (Å²) in [5, 5.41) is 15.3. The monoisotopic (exact) mass is 448 g/mol. The van der Waals surface area contributed by atoms with E-state index >= 15 is 0 Å². The van der Waals surface area contributed by atoms with E-state index in [2.05, 4.69) is 31.4 Å². The number of nitrogens with one attached hydrogen (secondary N) is 4. The van der Waals surface area contributed by atoms with Crippen LogP contribution in [0.3, 0.4) is 0 Å². The van der Waals surface area contributed by atoms with Gasteiger partial charge in [0, 0.05) is 17.7 Å². The van der Waals surface area contributed by atoms with Crippen LogP contribution in [0.2, 0.25) is 0 Å². The van der Waals surface area contributed by atoms with Crippen molar-refractivity contribution in [3.05, 3.63) is 11.1 Å². The number of nitrogens with zero attached hydrogens (tertiary/aromatic N) is 2. The zero-order valence-electron chi connectivity index (χ0n) is 14.6. The molecule has 1 aromatic rings. The fourth-order valence-corrected chi connectivity index (χ4v) is 3.89. The summed E-state index contributed by atoms with van der Waals surface area (Å²) >= 11 is 7.89. The van der Waals surface area contributed by atoms with Gasteiger partial charge in [-0.3, -0.25) is 19.2 Å². The third-order valence-corrected chi connectivity index (χ3v) is 5.49. The topological polar surface area (TPSA) is 151 Å². The average molecular weight is 449 g/mol. The SMILES string of the molecule is CO/N=C(\C(=O)NC1C(=O)NC1SCCNC=O)c1csc(NC(=O)CCl)n1. The number of hydrogen-bond donors (Lipinski definition) is 4. The Hall–Kier alpha value is -2.38. The summed E-state index contributed by atoms with van der Waals surface area (Å²) in [6.45, 7) is 0.438. The Labute approximate surface area is 173 Å². The molecular formula is C14H17ClN6O5S2. The number of aromatic nitrogens is 1. The molecule has 0 spiro atoms. The molecule has 0 radical (unpaired) electrons. The second-order valence-corrected chi connectivity index (χ2v) is 7.54. The van der Waals surface area contributed by atoms with Crippen molar-refractivity contribution < 1.29 is 24.0 Å². The van der Waals surface area contributed by atoms with Crippen LogP contribution in [0.25, 0.3) is 0 Å². The van der Waals surface area contributed by atoms with Gasteiger partial charge in [0.1, 0.15) is 30.1 Å². The lowest BCUT2D eigenvalue weighted by atomic mass is 10.1. The number of carbonyl (C=O) groups excluding carboxylic acids is 4. The van der Waals surface area contributed by atoms with E-state index in [1.54, 1.807) is 0 Å². The highest BCUT2D eigenvalue weighted by Crippen LogP contribution is 2.20. The highest BCUT2D eigenvalue weighted by atomic mass is 35.5. The second-order valence-electron chi connectivity index (χ2n) is 5.17. The Morgan fingerprint density at radius 1 is 1.54 bits per heavy atom. The van der Waals surface area contributed by atoms with Gasteiger partial charge >= 0.3 is 0 Å². The predicted octanol–water partition coefficient (Wildman–Crippen LogP) is -0.909. The first-order chi connectivity index (χ1) is 13.5. The summed E-state index contributed by atoms with van der Waals surface area (Å²) in [7, 11) is 1.27. The van der Waals surface area contributed by atoms with Crippen LogP contribution < -0.4 is 21.3 Å². The van der Waals surface area contributed by atoms with E-state index in [0.29, 0.717) is 18.7 Å². The number of anilines is 1. The van der Waals surface area contributed by atoms with Crippen molar-refractivity contribution in [2.75, 3.05) is 30.6 Å². The molecule has 0 aliphatic carbocycles. The zero-order chi connectivity index (χ0) is 20.5. The normalized spacial score (nSPS) is 18.5. The number of rotatable bonds is 11. The van der Waals surface area contributed by atoms with Crippen molar-refractivity contribution in [2.24, 2.45) is 5.16 Å². The molecule has 0 aromatic carbocycles. The first-order valence-corrected chi connectivity index (χ1v) is 10.3. The molecule has 2 heterocycles. The number of carbonyl (C=O) groups is 4. The van der Waals surface area contributed by atoms with Crippen LogP contribution in [0.15, 0.2) is 10.5 Å². The average Bonchev–Trinajstić information content (AvgIpc) is 3.14. The highest BCUT2D eigenvalue weighted by Gasteiger charge is 2.41. The van der Waals surface area contributed by atoms with E-state index < -0.39 is 17.9 Å². The van der Waals surface area contributed by atoms with Crippen molar-refractivity contribution in [1.29, 1.82) is 0 Å². The van der Waals surface area contributed by atoms with Crippen LogP contribution in [0, 0.1) is 0 Å². The van der Waals surface area contributed by atoms with Crippen molar-refractivity contribution in [2.45, 2.75) is 11.4 Å². The largest absolute Gasteiger partial charge is 0.398 e. The Kier molecular flexibility index (Phi) is 8.47. The Bertz CT molecular complexity index is 773. The first-order valence-electron chi connectivity index (χ1n) is 7.82. The van der Waals surface area contributed by atoms with E-state index in [1.807, 2.05) is 0 Å².